The minimum absolute atomic E-state index is 0.0707. The first-order valence-electron chi connectivity index (χ1n) is 16.0. The van der Waals surface area contributed by atoms with Crippen LogP contribution in [0.5, 0.6) is 11.5 Å². The Hall–Kier alpha value is -4.02. The van der Waals surface area contributed by atoms with E-state index in [-0.39, 0.29) is 18.2 Å². The number of amides is 2. The van der Waals surface area contributed by atoms with Crippen molar-refractivity contribution < 1.29 is 28.8 Å². The second-order valence-corrected chi connectivity index (χ2v) is 13.9. The predicted octanol–water partition coefficient (Wildman–Crippen LogP) is 7.17. The molecule has 0 radical (unpaired) electrons. The minimum Gasteiger partial charge on any atom is -0.449 e. The summed E-state index contributed by atoms with van der Waals surface area (Å²) in [4.78, 5) is 33.0. The highest BCUT2D eigenvalue weighted by atomic mass is 16.7. The Morgan fingerprint density at radius 1 is 0.933 bits per heavy atom. The molecule has 0 spiro atoms. The number of fused-ring (bicyclic) bond motifs is 11. The van der Waals surface area contributed by atoms with Crippen LogP contribution in [0.2, 0.25) is 6.82 Å². The third kappa shape index (κ3) is 3.69. The monoisotopic (exact) mass is 607 g/mol. The first kappa shape index (κ1) is 28.5. The maximum absolute atomic E-state index is 14.3. The van der Waals surface area contributed by atoms with Crippen LogP contribution < -0.4 is 9.47 Å². The van der Waals surface area contributed by atoms with E-state index in [1.165, 1.54) is 6.82 Å². The summed E-state index contributed by atoms with van der Waals surface area (Å²) < 4.78 is 21.4. The summed E-state index contributed by atoms with van der Waals surface area (Å²) in [6.07, 6.45) is 0.649. The fourth-order valence-electron chi connectivity index (χ4n) is 8.16. The van der Waals surface area contributed by atoms with E-state index in [4.69, 9.17) is 14.2 Å². The number of benzene rings is 3. The Labute approximate surface area is 261 Å². The molecule has 3 aromatic carbocycles. The van der Waals surface area contributed by atoms with Gasteiger partial charge in [0.05, 0.1) is 39.3 Å². The van der Waals surface area contributed by atoms with Gasteiger partial charge in [-0.3, -0.25) is 14.4 Å². The quantitative estimate of drug-likeness (QED) is 0.167. The van der Waals surface area contributed by atoms with Crippen LogP contribution in [-0.2, 0) is 4.74 Å². The molecule has 8 rings (SSSR count). The third-order valence-corrected chi connectivity index (χ3v) is 10.6. The van der Waals surface area contributed by atoms with Crippen molar-refractivity contribution in [1.29, 1.82) is 0 Å². The zero-order valence-corrected chi connectivity index (χ0v) is 26.9. The molecule has 1 saturated heterocycles. The Bertz CT molecular complexity index is 2120. The van der Waals surface area contributed by atoms with Crippen LogP contribution in [0.1, 0.15) is 80.5 Å². The van der Waals surface area contributed by atoms with Gasteiger partial charge in [0.25, 0.3) is 11.8 Å². The lowest BCUT2D eigenvalue weighted by Gasteiger charge is -2.44. The van der Waals surface area contributed by atoms with Gasteiger partial charge in [-0.05, 0) is 50.2 Å². The van der Waals surface area contributed by atoms with Gasteiger partial charge in [0, 0.05) is 47.4 Å². The van der Waals surface area contributed by atoms with E-state index in [2.05, 4.69) is 55.4 Å². The molecule has 5 atom stereocenters. The molecule has 5 aromatic rings. The molecule has 3 aliphatic heterocycles. The summed E-state index contributed by atoms with van der Waals surface area (Å²) >= 11 is 0. The maximum Gasteiger partial charge on any atom is 0.419 e. The van der Waals surface area contributed by atoms with Gasteiger partial charge in [0.15, 0.2) is 11.5 Å². The van der Waals surface area contributed by atoms with Gasteiger partial charge in [-0.15, -0.1) is 0 Å². The lowest BCUT2D eigenvalue weighted by atomic mass is 9.77. The molecule has 9 nitrogen and oxygen atoms in total. The Morgan fingerprint density at radius 3 is 2.27 bits per heavy atom. The molecule has 5 unspecified atom stereocenters. The van der Waals surface area contributed by atoms with Crippen LogP contribution in [0.4, 0.5) is 0 Å². The number of H-pyrrole nitrogens is 1. The zero-order valence-electron chi connectivity index (χ0n) is 26.9. The van der Waals surface area contributed by atoms with Gasteiger partial charge in [0.2, 0.25) is 5.79 Å². The molecular formula is C35H38BN3O6. The number of imide groups is 1. The summed E-state index contributed by atoms with van der Waals surface area (Å²) in [5.74, 6) is 0.265. The van der Waals surface area contributed by atoms with Crippen molar-refractivity contribution in [3.63, 3.8) is 0 Å². The lowest BCUT2D eigenvalue weighted by Crippen LogP contribution is -2.42. The Kier molecular flexibility index (Phi) is 5.86. The van der Waals surface area contributed by atoms with Crippen LogP contribution in [-0.4, -0.2) is 50.1 Å². The highest BCUT2D eigenvalue weighted by Gasteiger charge is 2.46. The highest BCUT2D eigenvalue weighted by Crippen LogP contribution is 2.51. The summed E-state index contributed by atoms with van der Waals surface area (Å²) in [6.45, 7) is 16.1. The van der Waals surface area contributed by atoms with Crippen LogP contribution in [0.3, 0.4) is 0 Å². The number of hydrogen-bond acceptors (Lipinski definition) is 6. The molecule has 2 aromatic heterocycles. The fourth-order valence-corrected chi connectivity index (χ4v) is 8.16. The van der Waals surface area contributed by atoms with Crippen molar-refractivity contribution in [3.05, 3.63) is 47.0 Å². The summed E-state index contributed by atoms with van der Waals surface area (Å²) in [5.41, 5.74) is 4.88. The summed E-state index contributed by atoms with van der Waals surface area (Å²) in [7, 11) is -1.29. The van der Waals surface area contributed by atoms with E-state index in [1.54, 1.807) is 0 Å². The van der Waals surface area contributed by atoms with Gasteiger partial charge in [-0.1, -0.05) is 39.3 Å². The van der Waals surface area contributed by atoms with Crippen molar-refractivity contribution in [1.82, 2.24) is 14.4 Å². The van der Waals surface area contributed by atoms with Crippen LogP contribution in [0.25, 0.3) is 43.6 Å². The van der Waals surface area contributed by atoms with Crippen molar-refractivity contribution in [2.24, 2.45) is 17.8 Å². The second-order valence-electron chi connectivity index (χ2n) is 13.9. The fraction of sp³-hybridized carbons (Fsp3) is 0.429. The van der Waals surface area contributed by atoms with Crippen LogP contribution >= 0.6 is 0 Å². The minimum atomic E-state index is -1.29. The van der Waals surface area contributed by atoms with Crippen LogP contribution in [0, 0.1) is 24.7 Å². The predicted molar refractivity (Wildman–Crippen MR) is 175 cm³/mol. The molecule has 5 heterocycles. The van der Waals surface area contributed by atoms with Gasteiger partial charge in [-0.25, -0.2) is 0 Å². The molecular weight excluding hydrogens is 569 g/mol. The number of aryl methyl sites for hydroxylation is 1. The molecule has 2 amide bonds. The number of ether oxygens (including phenoxy) is 3. The number of hydrogen-bond donors (Lipinski definition) is 2. The summed E-state index contributed by atoms with van der Waals surface area (Å²) in [5, 5.41) is 13.6. The smallest absolute Gasteiger partial charge is 0.419 e. The second kappa shape index (κ2) is 9.27. The molecule has 3 aliphatic rings. The van der Waals surface area contributed by atoms with Crippen molar-refractivity contribution in [3.8, 4) is 11.5 Å². The number of aromatic nitrogens is 2. The van der Waals surface area contributed by atoms with E-state index in [0.717, 1.165) is 49.6 Å². The van der Waals surface area contributed by atoms with Gasteiger partial charge in [-0.2, -0.15) is 0 Å². The first-order valence-corrected chi connectivity index (χ1v) is 16.0. The third-order valence-electron chi connectivity index (χ3n) is 10.6. The van der Waals surface area contributed by atoms with Crippen molar-refractivity contribution >= 4 is 62.5 Å². The van der Waals surface area contributed by atoms with E-state index in [9.17, 15) is 14.6 Å². The number of aromatic amines is 1. The normalized spacial score (nSPS) is 25.8. The largest absolute Gasteiger partial charge is 0.449 e. The highest BCUT2D eigenvalue weighted by molar-refractivity contribution is 6.59. The molecule has 232 valence electrons. The molecule has 0 saturated carbocycles. The topological polar surface area (TPSA) is 106 Å². The number of carbonyl (C=O) groups is 2. The zero-order chi connectivity index (χ0) is 31.9. The van der Waals surface area contributed by atoms with Gasteiger partial charge >= 0.3 is 7.05 Å². The lowest BCUT2D eigenvalue weighted by molar-refractivity contribution is -0.164. The van der Waals surface area contributed by atoms with Gasteiger partial charge < -0.3 is 28.8 Å². The summed E-state index contributed by atoms with van der Waals surface area (Å²) in [6, 6.07) is 10.0. The molecule has 45 heavy (non-hydrogen) atoms. The molecule has 0 bridgehead atoms. The SMILES string of the molecule is CCC1OC(n2c3ccc(C)cc3c3c4c(c5c6cc7c(cc6[nH]c5c32)OC(C)(C)O7)C(=O)N(B(C)O)C4=O)C(C)C(C)C1C. The molecule has 1 fully saturated rings. The molecule has 10 heteroatoms. The standard InChI is InChI=1S/C35H38BN3O6/c1-9-23-17(4)16(3)18(5)34(43-23)38-22-11-10-15(2)12-20(22)27-29-28(32(40)39(33(29)41)36(8)42)26-19-13-24-25(45-35(6,7)44-24)14-21(19)37-30(26)31(27)38/h10-14,16-18,23,34,37,42H,9H2,1-8H3. The average Bonchev–Trinajstić information content (AvgIpc) is 3.67. The van der Waals surface area contributed by atoms with E-state index >= 15 is 0 Å². The Morgan fingerprint density at radius 2 is 1.60 bits per heavy atom. The van der Waals surface area contributed by atoms with E-state index in [1.807, 2.05) is 32.9 Å². The first-order chi connectivity index (χ1) is 21.3. The number of rotatable bonds is 3. The molecule has 2 N–H and O–H groups in total. The van der Waals surface area contributed by atoms with E-state index in [0.29, 0.717) is 45.2 Å². The number of carbonyl (C=O) groups excluding carboxylic acids is 2. The maximum atomic E-state index is 14.3. The Balaban J connectivity index is 1.57. The van der Waals surface area contributed by atoms with Gasteiger partial charge in [0.1, 0.15) is 6.23 Å². The van der Waals surface area contributed by atoms with Crippen LogP contribution in [0.15, 0.2) is 30.3 Å². The molecule has 0 aliphatic carbocycles. The number of nitrogens with zero attached hydrogens (tertiary/aromatic N) is 2. The van der Waals surface area contributed by atoms with Crippen molar-refractivity contribution in [2.75, 3.05) is 0 Å². The number of nitrogens with one attached hydrogen (secondary N) is 1. The average molecular weight is 608 g/mol. The van der Waals surface area contributed by atoms with Crippen molar-refractivity contribution in [2.45, 2.75) is 79.8 Å². The van der Waals surface area contributed by atoms with E-state index < -0.39 is 24.7 Å².